The topological polar surface area (TPSA) is 82.2 Å². The molecule has 0 saturated carbocycles. The molecule has 1 heterocycles. The van der Waals surface area contributed by atoms with E-state index in [4.69, 9.17) is 0 Å². The number of rotatable bonds is 2. The van der Waals surface area contributed by atoms with Crippen LogP contribution in [-0.2, 0) is 4.79 Å². The fraction of sp³-hybridized carbons (Fsp3) is 0.333. The minimum absolute atomic E-state index is 0.244. The summed E-state index contributed by atoms with van der Waals surface area (Å²) < 4.78 is 0. The number of carbonyl (C=O) groups excluding carboxylic acids is 1. The lowest BCUT2D eigenvalue weighted by Crippen LogP contribution is -2.36. The fourth-order valence-corrected chi connectivity index (χ4v) is 0.772. The van der Waals surface area contributed by atoms with Crippen molar-refractivity contribution in [1.82, 2.24) is 4.98 Å². The number of anilines is 1. The summed E-state index contributed by atoms with van der Waals surface area (Å²) in [5, 5.41) is 11.8. The van der Waals surface area contributed by atoms with E-state index in [1.54, 1.807) is 0 Å². The predicted molar refractivity (Wildman–Crippen MR) is 52.0 cm³/mol. The minimum atomic E-state index is -1.43. The number of nitrogens with one attached hydrogen (secondary N) is 2. The van der Waals surface area contributed by atoms with Crippen LogP contribution in [0.5, 0.6) is 0 Å². The molecule has 0 aliphatic carbocycles. The summed E-state index contributed by atoms with van der Waals surface area (Å²) in [5.74, 6) is -0.524. The zero-order chi connectivity index (χ0) is 10.8. The molecule has 0 aliphatic rings. The van der Waals surface area contributed by atoms with Gasteiger partial charge in [-0.2, -0.15) is 0 Å². The summed E-state index contributed by atoms with van der Waals surface area (Å²) in [6.45, 7) is 2.77. The van der Waals surface area contributed by atoms with Crippen LogP contribution in [-0.4, -0.2) is 21.6 Å². The molecule has 5 nitrogen and oxygen atoms in total. The highest BCUT2D eigenvalue weighted by atomic mass is 16.3. The van der Waals surface area contributed by atoms with Gasteiger partial charge in [0, 0.05) is 12.3 Å². The fourth-order valence-electron chi connectivity index (χ4n) is 0.772. The van der Waals surface area contributed by atoms with Crippen molar-refractivity contribution in [2.75, 3.05) is 5.32 Å². The number of aromatic amines is 1. The summed E-state index contributed by atoms with van der Waals surface area (Å²) in [6.07, 6.45) is 1.37. The van der Waals surface area contributed by atoms with Gasteiger partial charge in [-0.25, -0.2) is 0 Å². The van der Waals surface area contributed by atoms with Gasteiger partial charge in [-0.15, -0.1) is 0 Å². The van der Waals surface area contributed by atoms with E-state index in [-0.39, 0.29) is 5.56 Å². The second-order valence-electron chi connectivity index (χ2n) is 3.45. The molecule has 0 unspecified atom stereocenters. The first-order valence-electron chi connectivity index (χ1n) is 4.12. The number of amides is 1. The third-order valence-corrected chi connectivity index (χ3v) is 1.60. The van der Waals surface area contributed by atoms with E-state index >= 15 is 0 Å². The SMILES string of the molecule is CC(C)(O)C(=O)Nc1ccc(=O)[nH]c1. The van der Waals surface area contributed by atoms with Crippen molar-refractivity contribution in [3.63, 3.8) is 0 Å². The van der Waals surface area contributed by atoms with Crippen molar-refractivity contribution in [1.29, 1.82) is 0 Å². The van der Waals surface area contributed by atoms with Crippen LogP contribution in [0.2, 0.25) is 0 Å². The molecule has 76 valence electrons. The highest BCUT2D eigenvalue weighted by molar-refractivity contribution is 5.96. The average Bonchev–Trinajstić information content (AvgIpc) is 2.07. The molecule has 1 rings (SSSR count). The molecule has 0 atom stereocenters. The van der Waals surface area contributed by atoms with E-state index in [0.717, 1.165) is 0 Å². The Morgan fingerprint density at radius 1 is 1.50 bits per heavy atom. The van der Waals surface area contributed by atoms with Gasteiger partial charge >= 0.3 is 0 Å². The van der Waals surface area contributed by atoms with Crippen LogP contribution in [0.15, 0.2) is 23.1 Å². The number of carbonyl (C=O) groups is 1. The predicted octanol–water partition coefficient (Wildman–Crippen LogP) is 0.0843. The van der Waals surface area contributed by atoms with Gasteiger partial charge in [-0.1, -0.05) is 0 Å². The summed E-state index contributed by atoms with van der Waals surface area (Å²) in [5.41, 5.74) is -1.24. The lowest BCUT2D eigenvalue weighted by molar-refractivity contribution is -0.130. The number of hydrogen-bond donors (Lipinski definition) is 3. The van der Waals surface area contributed by atoms with E-state index < -0.39 is 11.5 Å². The van der Waals surface area contributed by atoms with Gasteiger partial charge in [0.2, 0.25) is 5.56 Å². The molecule has 0 fully saturated rings. The van der Waals surface area contributed by atoms with Crippen LogP contribution in [0.25, 0.3) is 0 Å². The Kier molecular flexibility index (Phi) is 2.71. The molecule has 5 heteroatoms. The smallest absolute Gasteiger partial charge is 0.255 e. The molecular formula is C9H12N2O3. The van der Waals surface area contributed by atoms with Crippen molar-refractivity contribution >= 4 is 11.6 Å². The molecule has 3 N–H and O–H groups in total. The van der Waals surface area contributed by atoms with Crippen molar-refractivity contribution < 1.29 is 9.90 Å². The monoisotopic (exact) mass is 196 g/mol. The van der Waals surface area contributed by atoms with E-state index in [2.05, 4.69) is 10.3 Å². The van der Waals surface area contributed by atoms with Gasteiger partial charge in [0.15, 0.2) is 0 Å². The maximum Gasteiger partial charge on any atom is 0.255 e. The zero-order valence-electron chi connectivity index (χ0n) is 8.00. The van der Waals surface area contributed by atoms with Gasteiger partial charge < -0.3 is 15.4 Å². The molecule has 0 aromatic carbocycles. The first-order valence-corrected chi connectivity index (χ1v) is 4.12. The van der Waals surface area contributed by atoms with E-state index in [9.17, 15) is 14.7 Å². The van der Waals surface area contributed by atoms with E-state index in [1.807, 2.05) is 0 Å². The Balaban J connectivity index is 2.75. The van der Waals surface area contributed by atoms with Crippen LogP contribution in [0.3, 0.4) is 0 Å². The lowest BCUT2D eigenvalue weighted by Gasteiger charge is -2.16. The van der Waals surface area contributed by atoms with Crippen LogP contribution >= 0.6 is 0 Å². The maximum absolute atomic E-state index is 11.3. The molecule has 0 bridgehead atoms. The van der Waals surface area contributed by atoms with Crippen molar-refractivity contribution in [3.8, 4) is 0 Å². The standard InChI is InChI=1S/C9H12N2O3/c1-9(2,14)8(13)11-6-3-4-7(12)10-5-6/h3-5,14H,1-2H3,(H,10,12)(H,11,13). The summed E-state index contributed by atoms with van der Waals surface area (Å²) in [7, 11) is 0. The molecule has 0 aliphatic heterocycles. The number of H-pyrrole nitrogens is 1. The normalized spacial score (nSPS) is 11.1. The molecule has 1 aromatic heterocycles. The average molecular weight is 196 g/mol. The number of hydrogen-bond acceptors (Lipinski definition) is 3. The van der Waals surface area contributed by atoms with Gasteiger partial charge in [0.25, 0.3) is 5.91 Å². The Morgan fingerprint density at radius 3 is 2.57 bits per heavy atom. The molecule has 0 saturated heterocycles. The zero-order valence-corrected chi connectivity index (χ0v) is 8.00. The highest BCUT2D eigenvalue weighted by Gasteiger charge is 2.23. The number of aromatic nitrogens is 1. The largest absolute Gasteiger partial charge is 0.381 e. The first-order chi connectivity index (χ1) is 6.39. The van der Waals surface area contributed by atoms with Crippen LogP contribution < -0.4 is 10.9 Å². The minimum Gasteiger partial charge on any atom is -0.381 e. The molecule has 0 spiro atoms. The molecule has 14 heavy (non-hydrogen) atoms. The summed E-state index contributed by atoms with van der Waals surface area (Å²) in [6, 6.07) is 2.75. The van der Waals surface area contributed by atoms with Crippen molar-refractivity contribution in [2.24, 2.45) is 0 Å². The van der Waals surface area contributed by atoms with Crippen LogP contribution in [0.4, 0.5) is 5.69 Å². The van der Waals surface area contributed by atoms with Gasteiger partial charge in [0.1, 0.15) is 5.60 Å². The van der Waals surface area contributed by atoms with Crippen molar-refractivity contribution in [2.45, 2.75) is 19.4 Å². The molecular weight excluding hydrogens is 184 g/mol. The lowest BCUT2D eigenvalue weighted by atomic mass is 10.1. The molecule has 1 aromatic rings. The Hall–Kier alpha value is -1.62. The van der Waals surface area contributed by atoms with Crippen molar-refractivity contribution in [3.05, 3.63) is 28.7 Å². The van der Waals surface area contributed by atoms with E-state index in [0.29, 0.717) is 5.69 Å². The quantitative estimate of drug-likeness (QED) is 0.626. The second kappa shape index (κ2) is 3.63. The molecule has 0 radical (unpaired) electrons. The van der Waals surface area contributed by atoms with Gasteiger partial charge in [-0.3, -0.25) is 9.59 Å². The highest BCUT2D eigenvalue weighted by Crippen LogP contribution is 2.07. The third kappa shape index (κ3) is 2.70. The first kappa shape index (κ1) is 10.5. The third-order valence-electron chi connectivity index (χ3n) is 1.60. The number of pyridine rings is 1. The van der Waals surface area contributed by atoms with Gasteiger partial charge in [-0.05, 0) is 19.9 Å². The van der Waals surface area contributed by atoms with E-state index in [1.165, 1.54) is 32.2 Å². The number of aliphatic hydroxyl groups is 1. The summed E-state index contributed by atoms with van der Waals surface area (Å²) in [4.78, 5) is 24.4. The maximum atomic E-state index is 11.3. The van der Waals surface area contributed by atoms with Crippen LogP contribution in [0.1, 0.15) is 13.8 Å². The van der Waals surface area contributed by atoms with Gasteiger partial charge in [0.05, 0.1) is 5.69 Å². The Labute approximate surface area is 80.8 Å². The van der Waals surface area contributed by atoms with Crippen LogP contribution in [0, 0.1) is 0 Å². The molecule has 1 amide bonds. The Bertz CT molecular complexity index is 369. The Morgan fingerprint density at radius 2 is 2.14 bits per heavy atom. The summed E-state index contributed by atoms with van der Waals surface area (Å²) >= 11 is 0. The second-order valence-corrected chi connectivity index (χ2v) is 3.45.